The number of para-hydroxylation sites is 1. The quantitative estimate of drug-likeness (QED) is 0.783. The van der Waals surface area contributed by atoms with E-state index in [0.717, 1.165) is 0 Å². The molecule has 0 radical (unpaired) electrons. The van der Waals surface area contributed by atoms with E-state index in [1.807, 2.05) is 36.4 Å². The number of carbonyl (C=O) groups is 1. The lowest BCUT2D eigenvalue weighted by atomic mass is 10.3. The first-order valence-corrected chi connectivity index (χ1v) is 7.13. The molecule has 1 amide bonds. The zero-order chi connectivity index (χ0) is 16.1. The number of hydrogen-bond acceptors (Lipinski definition) is 5. The van der Waals surface area contributed by atoms with Crippen LogP contribution in [0.3, 0.4) is 0 Å². The molecular formula is C17H15N3O3. The fourth-order valence-electron chi connectivity index (χ4n) is 1.95. The zero-order valence-corrected chi connectivity index (χ0v) is 12.5. The van der Waals surface area contributed by atoms with E-state index >= 15 is 0 Å². The van der Waals surface area contributed by atoms with Gasteiger partial charge in [-0.25, -0.2) is 0 Å². The number of rotatable bonds is 5. The molecule has 2 heterocycles. The van der Waals surface area contributed by atoms with Crippen molar-refractivity contribution in [2.75, 3.05) is 5.32 Å². The second kappa shape index (κ2) is 6.74. The lowest BCUT2D eigenvalue weighted by Gasteiger charge is -2.13. The fraction of sp³-hybridized carbons (Fsp3) is 0.118. The summed E-state index contributed by atoms with van der Waals surface area (Å²) in [5, 5.41) is 6.52. The maximum absolute atomic E-state index is 12.1. The van der Waals surface area contributed by atoms with E-state index in [4.69, 9.17) is 9.26 Å². The number of amides is 1. The largest absolute Gasteiger partial charge is 0.481 e. The van der Waals surface area contributed by atoms with Crippen molar-refractivity contribution in [1.82, 2.24) is 10.1 Å². The normalized spacial score (nSPS) is 11.7. The van der Waals surface area contributed by atoms with Gasteiger partial charge in [0.25, 0.3) is 5.91 Å². The molecule has 0 aliphatic rings. The second-order valence-corrected chi connectivity index (χ2v) is 4.85. The first-order chi connectivity index (χ1) is 11.2. The van der Waals surface area contributed by atoms with E-state index in [9.17, 15) is 4.79 Å². The summed E-state index contributed by atoms with van der Waals surface area (Å²) >= 11 is 0. The molecule has 1 unspecified atom stereocenters. The van der Waals surface area contributed by atoms with Crippen molar-refractivity contribution < 1.29 is 14.1 Å². The van der Waals surface area contributed by atoms with Crippen molar-refractivity contribution in [2.24, 2.45) is 0 Å². The molecule has 0 saturated carbocycles. The Hall–Kier alpha value is -3.15. The number of benzene rings is 1. The van der Waals surface area contributed by atoms with Crippen molar-refractivity contribution in [3.05, 3.63) is 60.8 Å². The SMILES string of the molecule is CC(Oc1ccccc1)C(=O)Nc1cc(-c2ccccn2)no1. The minimum Gasteiger partial charge on any atom is -0.481 e. The van der Waals surface area contributed by atoms with Crippen LogP contribution in [0, 0.1) is 0 Å². The van der Waals surface area contributed by atoms with Gasteiger partial charge >= 0.3 is 0 Å². The number of nitrogens with one attached hydrogen (secondary N) is 1. The number of hydrogen-bond donors (Lipinski definition) is 1. The van der Waals surface area contributed by atoms with Crippen molar-refractivity contribution >= 4 is 11.8 Å². The Balaban J connectivity index is 1.63. The molecule has 23 heavy (non-hydrogen) atoms. The molecule has 1 atom stereocenters. The van der Waals surface area contributed by atoms with Crippen molar-refractivity contribution in [3.8, 4) is 17.1 Å². The van der Waals surface area contributed by atoms with Gasteiger partial charge in [-0.2, -0.15) is 0 Å². The topological polar surface area (TPSA) is 77.2 Å². The summed E-state index contributed by atoms with van der Waals surface area (Å²) in [6, 6.07) is 16.2. The monoisotopic (exact) mass is 309 g/mol. The fourth-order valence-corrected chi connectivity index (χ4v) is 1.95. The van der Waals surface area contributed by atoms with Gasteiger partial charge in [0.1, 0.15) is 11.4 Å². The van der Waals surface area contributed by atoms with Crippen molar-refractivity contribution in [1.29, 1.82) is 0 Å². The zero-order valence-electron chi connectivity index (χ0n) is 12.5. The van der Waals surface area contributed by atoms with E-state index < -0.39 is 6.10 Å². The Morgan fingerprint density at radius 3 is 2.65 bits per heavy atom. The maximum atomic E-state index is 12.1. The molecule has 1 N–H and O–H groups in total. The van der Waals surface area contributed by atoms with Gasteiger partial charge in [0.15, 0.2) is 6.10 Å². The molecule has 0 fully saturated rings. The molecule has 2 aromatic heterocycles. The van der Waals surface area contributed by atoms with Crippen LogP contribution in [0.15, 0.2) is 65.3 Å². The third-order valence-electron chi connectivity index (χ3n) is 3.11. The molecule has 0 aliphatic carbocycles. The molecule has 6 heteroatoms. The lowest BCUT2D eigenvalue weighted by Crippen LogP contribution is -2.29. The van der Waals surface area contributed by atoms with Crippen LogP contribution in [0.4, 0.5) is 5.88 Å². The average molecular weight is 309 g/mol. The number of nitrogens with zero attached hydrogens (tertiary/aromatic N) is 2. The van der Waals surface area contributed by atoms with Gasteiger partial charge < -0.3 is 9.26 Å². The van der Waals surface area contributed by atoms with Crippen LogP contribution < -0.4 is 10.1 Å². The molecule has 0 bridgehead atoms. The average Bonchev–Trinajstić information content (AvgIpc) is 3.05. The third-order valence-corrected chi connectivity index (χ3v) is 3.11. The highest BCUT2D eigenvalue weighted by atomic mass is 16.5. The minimum absolute atomic E-state index is 0.249. The van der Waals surface area contributed by atoms with Gasteiger partial charge in [0.2, 0.25) is 5.88 Å². The summed E-state index contributed by atoms with van der Waals surface area (Å²) in [7, 11) is 0. The highest BCUT2D eigenvalue weighted by Crippen LogP contribution is 2.20. The van der Waals surface area contributed by atoms with Gasteiger partial charge in [-0.15, -0.1) is 0 Å². The molecule has 6 nitrogen and oxygen atoms in total. The van der Waals surface area contributed by atoms with Crippen LogP contribution in [0.1, 0.15) is 6.92 Å². The maximum Gasteiger partial charge on any atom is 0.267 e. The van der Waals surface area contributed by atoms with E-state index in [-0.39, 0.29) is 11.8 Å². The molecule has 3 rings (SSSR count). The smallest absolute Gasteiger partial charge is 0.267 e. The number of ether oxygens (including phenoxy) is 1. The first kappa shape index (κ1) is 14.8. The molecule has 0 saturated heterocycles. The number of anilines is 1. The predicted molar refractivity (Wildman–Crippen MR) is 84.9 cm³/mol. The van der Waals surface area contributed by atoms with Gasteiger partial charge in [-0.05, 0) is 31.2 Å². The molecule has 116 valence electrons. The van der Waals surface area contributed by atoms with E-state index in [0.29, 0.717) is 17.1 Å². The van der Waals surface area contributed by atoms with Crippen molar-refractivity contribution in [2.45, 2.75) is 13.0 Å². The summed E-state index contributed by atoms with van der Waals surface area (Å²) in [5.41, 5.74) is 1.22. The highest BCUT2D eigenvalue weighted by Gasteiger charge is 2.17. The van der Waals surface area contributed by atoms with E-state index in [1.165, 1.54) is 0 Å². The number of aromatic nitrogens is 2. The van der Waals surface area contributed by atoms with Crippen LogP contribution in [0.2, 0.25) is 0 Å². The van der Waals surface area contributed by atoms with Crippen LogP contribution in [-0.2, 0) is 4.79 Å². The lowest BCUT2D eigenvalue weighted by molar-refractivity contribution is -0.122. The number of pyridine rings is 1. The van der Waals surface area contributed by atoms with Crippen LogP contribution in [-0.4, -0.2) is 22.2 Å². The second-order valence-electron chi connectivity index (χ2n) is 4.85. The van der Waals surface area contributed by atoms with Gasteiger partial charge in [-0.3, -0.25) is 15.1 Å². The van der Waals surface area contributed by atoms with Crippen LogP contribution in [0.25, 0.3) is 11.4 Å². The highest BCUT2D eigenvalue weighted by molar-refractivity contribution is 5.93. The molecule has 0 aliphatic heterocycles. The third kappa shape index (κ3) is 3.74. The summed E-state index contributed by atoms with van der Waals surface area (Å²) in [6.07, 6.45) is 0.999. The minimum atomic E-state index is -0.666. The molecule has 3 aromatic rings. The Morgan fingerprint density at radius 2 is 1.91 bits per heavy atom. The van der Waals surface area contributed by atoms with Crippen LogP contribution in [0.5, 0.6) is 5.75 Å². The predicted octanol–water partition coefficient (Wildman–Crippen LogP) is 3.14. The first-order valence-electron chi connectivity index (χ1n) is 7.13. The molecule has 0 spiro atoms. The Kier molecular flexibility index (Phi) is 4.33. The standard InChI is InChI=1S/C17H15N3O3/c1-12(22-13-7-3-2-4-8-13)17(21)19-16-11-15(20-23-16)14-9-5-6-10-18-14/h2-12H,1H3,(H,19,21). The van der Waals surface area contributed by atoms with Gasteiger partial charge in [0.05, 0.1) is 5.69 Å². The Bertz CT molecular complexity index is 772. The van der Waals surface area contributed by atoms with Gasteiger partial charge in [0, 0.05) is 12.3 Å². The van der Waals surface area contributed by atoms with E-state index in [2.05, 4.69) is 15.5 Å². The van der Waals surface area contributed by atoms with E-state index in [1.54, 1.807) is 31.3 Å². The Morgan fingerprint density at radius 1 is 1.13 bits per heavy atom. The summed E-state index contributed by atoms with van der Waals surface area (Å²) in [4.78, 5) is 16.3. The van der Waals surface area contributed by atoms with Crippen LogP contribution >= 0.6 is 0 Å². The summed E-state index contributed by atoms with van der Waals surface area (Å²) in [6.45, 7) is 1.67. The summed E-state index contributed by atoms with van der Waals surface area (Å²) < 4.78 is 10.7. The molecule has 1 aromatic carbocycles. The Labute approximate surface area is 133 Å². The van der Waals surface area contributed by atoms with Crippen molar-refractivity contribution in [3.63, 3.8) is 0 Å². The molecular weight excluding hydrogens is 294 g/mol. The van der Waals surface area contributed by atoms with Gasteiger partial charge in [-0.1, -0.05) is 29.4 Å². The summed E-state index contributed by atoms with van der Waals surface area (Å²) in [5.74, 6) is 0.554. The number of carbonyl (C=O) groups excluding carboxylic acids is 1.